The lowest BCUT2D eigenvalue weighted by Crippen LogP contribution is -2.09. The molecule has 0 unspecified atom stereocenters. The minimum Gasteiger partial charge on any atom is -0.285 e. The van der Waals surface area contributed by atoms with Gasteiger partial charge in [-0.25, -0.2) is 4.68 Å². The number of aromatic nitrogens is 6. The minimum atomic E-state index is -0.262. The second-order valence-electron chi connectivity index (χ2n) is 2.93. The standard InChI is InChI=1S/C7H7BrN6O/c1-13-6(8)4(3-9-13)5(15)7-10-11-12-14(7)2/h3H,1-2H3. The highest BCUT2D eigenvalue weighted by molar-refractivity contribution is 9.10. The van der Waals surface area contributed by atoms with Crippen molar-refractivity contribution in [3.8, 4) is 0 Å². The van der Waals surface area contributed by atoms with E-state index in [1.807, 2.05) is 0 Å². The molecule has 0 atom stereocenters. The fraction of sp³-hybridized carbons (Fsp3) is 0.286. The van der Waals surface area contributed by atoms with Crippen LogP contribution in [0.2, 0.25) is 0 Å². The maximum absolute atomic E-state index is 11.9. The summed E-state index contributed by atoms with van der Waals surface area (Å²) in [6.07, 6.45) is 1.47. The number of carbonyl (C=O) groups excluding carboxylic acids is 1. The smallest absolute Gasteiger partial charge is 0.236 e. The average Bonchev–Trinajstić information content (AvgIpc) is 2.75. The van der Waals surface area contributed by atoms with E-state index in [4.69, 9.17) is 0 Å². The average molecular weight is 271 g/mol. The molecule has 0 spiro atoms. The fourth-order valence-corrected chi connectivity index (χ4v) is 1.49. The summed E-state index contributed by atoms with van der Waals surface area (Å²) in [7, 11) is 3.34. The van der Waals surface area contributed by atoms with Crippen LogP contribution in [0.5, 0.6) is 0 Å². The highest BCUT2D eigenvalue weighted by Crippen LogP contribution is 2.17. The van der Waals surface area contributed by atoms with Crippen LogP contribution in [0.1, 0.15) is 16.2 Å². The molecule has 0 fully saturated rings. The normalized spacial score (nSPS) is 10.6. The largest absolute Gasteiger partial charge is 0.285 e. The van der Waals surface area contributed by atoms with E-state index in [1.165, 1.54) is 10.9 Å². The molecule has 0 aliphatic rings. The number of hydrogen-bond acceptors (Lipinski definition) is 5. The summed E-state index contributed by atoms with van der Waals surface area (Å²) in [5.41, 5.74) is 0.440. The Morgan fingerprint density at radius 3 is 2.60 bits per heavy atom. The van der Waals surface area contributed by atoms with E-state index in [0.29, 0.717) is 10.2 Å². The first kappa shape index (κ1) is 9.97. The highest BCUT2D eigenvalue weighted by Gasteiger charge is 2.20. The monoisotopic (exact) mass is 270 g/mol. The lowest BCUT2D eigenvalue weighted by molar-refractivity contribution is 0.102. The van der Waals surface area contributed by atoms with Gasteiger partial charge in [0, 0.05) is 14.1 Å². The molecule has 0 aliphatic heterocycles. The van der Waals surface area contributed by atoms with Gasteiger partial charge >= 0.3 is 0 Å². The van der Waals surface area contributed by atoms with Crippen LogP contribution in [0.15, 0.2) is 10.8 Å². The van der Waals surface area contributed by atoms with Crippen molar-refractivity contribution < 1.29 is 4.79 Å². The summed E-state index contributed by atoms with van der Waals surface area (Å²) in [4.78, 5) is 11.9. The number of carbonyl (C=O) groups is 1. The lowest BCUT2D eigenvalue weighted by Gasteiger charge is -1.96. The first-order valence-corrected chi connectivity index (χ1v) is 4.85. The molecule has 2 heterocycles. The van der Waals surface area contributed by atoms with Crippen LogP contribution < -0.4 is 0 Å². The molecule has 8 heteroatoms. The molecule has 7 nitrogen and oxygen atoms in total. The molecule has 0 saturated carbocycles. The zero-order valence-corrected chi connectivity index (χ0v) is 9.63. The Labute approximate surface area is 93.2 Å². The van der Waals surface area contributed by atoms with Crippen LogP contribution in [0.4, 0.5) is 0 Å². The van der Waals surface area contributed by atoms with Gasteiger partial charge in [-0.3, -0.25) is 9.48 Å². The highest BCUT2D eigenvalue weighted by atomic mass is 79.9. The number of nitrogens with zero attached hydrogens (tertiary/aromatic N) is 6. The molecule has 0 N–H and O–H groups in total. The first-order valence-electron chi connectivity index (χ1n) is 4.06. The van der Waals surface area contributed by atoms with E-state index >= 15 is 0 Å². The van der Waals surface area contributed by atoms with Crippen molar-refractivity contribution in [1.82, 2.24) is 30.0 Å². The Hall–Kier alpha value is -1.57. The molecule has 2 aromatic rings. The SMILES string of the molecule is Cn1nnnc1C(=O)c1cnn(C)c1Br. The third-order valence-electron chi connectivity index (χ3n) is 1.93. The number of aryl methyl sites for hydroxylation is 2. The Kier molecular flexibility index (Phi) is 2.35. The zero-order chi connectivity index (χ0) is 11.0. The molecule has 0 aromatic carbocycles. The molecule has 0 radical (unpaired) electrons. The molecule has 0 aliphatic carbocycles. The van der Waals surface area contributed by atoms with E-state index in [-0.39, 0.29) is 11.6 Å². The second-order valence-corrected chi connectivity index (χ2v) is 3.68. The van der Waals surface area contributed by atoms with E-state index in [9.17, 15) is 4.79 Å². The lowest BCUT2D eigenvalue weighted by atomic mass is 10.2. The summed E-state index contributed by atoms with van der Waals surface area (Å²) >= 11 is 3.26. The van der Waals surface area contributed by atoms with Crippen molar-refractivity contribution in [2.45, 2.75) is 0 Å². The summed E-state index contributed by atoms with van der Waals surface area (Å²) in [5, 5.41) is 14.6. The maximum atomic E-state index is 11.9. The Balaban J connectivity index is 2.46. The molecule has 0 bridgehead atoms. The summed E-state index contributed by atoms with van der Waals surface area (Å²) in [6, 6.07) is 0. The van der Waals surface area contributed by atoms with Gasteiger partial charge in [0.15, 0.2) is 0 Å². The second kappa shape index (κ2) is 3.54. The van der Waals surface area contributed by atoms with Gasteiger partial charge in [0.1, 0.15) is 4.60 Å². The summed E-state index contributed by atoms with van der Waals surface area (Å²) in [5.74, 6) is -0.0776. The van der Waals surface area contributed by atoms with Crippen molar-refractivity contribution in [1.29, 1.82) is 0 Å². The number of ketones is 1. The number of hydrogen-bond donors (Lipinski definition) is 0. The fourth-order valence-electron chi connectivity index (χ4n) is 1.12. The van der Waals surface area contributed by atoms with Crippen molar-refractivity contribution in [2.75, 3.05) is 0 Å². The molecule has 0 amide bonds. The minimum absolute atomic E-state index is 0.184. The Morgan fingerprint density at radius 1 is 1.40 bits per heavy atom. The Bertz CT molecular complexity index is 515. The van der Waals surface area contributed by atoms with Gasteiger partial charge in [0.2, 0.25) is 11.6 Å². The predicted octanol–water partition coefficient (Wildman–Crippen LogP) is -0.0629. The molecular formula is C7H7BrN6O. The van der Waals surface area contributed by atoms with Gasteiger partial charge in [0.05, 0.1) is 11.8 Å². The van der Waals surface area contributed by atoms with Gasteiger partial charge in [-0.1, -0.05) is 0 Å². The third-order valence-corrected chi connectivity index (χ3v) is 2.87. The number of tetrazole rings is 1. The van der Waals surface area contributed by atoms with Crippen molar-refractivity contribution in [2.24, 2.45) is 14.1 Å². The van der Waals surface area contributed by atoms with Gasteiger partial charge in [-0.2, -0.15) is 5.10 Å². The van der Waals surface area contributed by atoms with E-state index in [1.54, 1.807) is 18.8 Å². The van der Waals surface area contributed by atoms with Crippen LogP contribution in [0.3, 0.4) is 0 Å². The van der Waals surface area contributed by atoms with Gasteiger partial charge in [0.25, 0.3) is 0 Å². The van der Waals surface area contributed by atoms with Gasteiger partial charge in [-0.05, 0) is 26.4 Å². The number of rotatable bonds is 2. The van der Waals surface area contributed by atoms with Crippen LogP contribution in [0.25, 0.3) is 0 Å². The van der Waals surface area contributed by atoms with Crippen molar-refractivity contribution in [3.05, 3.63) is 22.2 Å². The molecule has 78 valence electrons. The quantitative estimate of drug-likeness (QED) is 0.715. The van der Waals surface area contributed by atoms with Gasteiger partial charge in [-0.15, -0.1) is 5.10 Å². The summed E-state index contributed by atoms with van der Waals surface area (Å²) < 4.78 is 3.48. The Morgan fingerprint density at radius 2 is 2.13 bits per heavy atom. The third kappa shape index (κ3) is 1.56. The van der Waals surface area contributed by atoms with Crippen LogP contribution in [-0.2, 0) is 14.1 Å². The molecule has 0 saturated heterocycles. The van der Waals surface area contributed by atoms with E-state index in [0.717, 1.165) is 0 Å². The first-order chi connectivity index (χ1) is 7.11. The topological polar surface area (TPSA) is 78.5 Å². The van der Waals surface area contributed by atoms with Gasteiger partial charge < -0.3 is 0 Å². The predicted molar refractivity (Wildman–Crippen MR) is 53.1 cm³/mol. The van der Waals surface area contributed by atoms with Crippen molar-refractivity contribution in [3.63, 3.8) is 0 Å². The summed E-state index contributed by atoms with van der Waals surface area (Å²) in [6.45, 7) is 0. The molecule has 2 aromatic heterocycles. The molecule has 2 rings (SSSR count). The number of halogens is 1. The van der Waals surface area contributed by atoms with Crippen molar-refractivity contribution >= 4 is 21.7 Å². The van der Waals surface area contributed by atoms with E-state index in [2.05, 4.69) is 36.6 Å². The van der Waals surface area contributed by atoms with Crippen LogP contribution in [-0.4, -0.2) is 35.8 Å². The van der Waals surface area contributed by atoms with E-state index < -0.39 is 0 Å². The zero-order valence-electron chi connectivity index (χ0n) is 8.05. The van der Waals surface area contributed by atoms with Crippen LogP contribution in [0, 0.1) is 0 Å². The van der Waals surface area contributed by atoms with Crippen LogP contribution >= 0.6 is 15.9 Å². The molecule has 15 heavy (non-hydrogen) atoms. The molecular weight excluding hydrogens is 264 g/mol. The maximum Gasteiger partial charge on any atom is 0.236 e.